The van der Waals surface area contributed by atoms with E-state index in [-0.39, 0.29) is 0 Å². The van der Waals surface area contributed by atoms with Gasteiger partial charge in [0.05, 0.1) is 6.61 Å². The van der Waals surface area contributed by atoms with E-state index in [4.69, 9.17) is 4.74 Å². The SMILES string of the molecule is CCC(C)C1CNCCN1CCc1ccc2c(c1)CCO2. The summed E-state index contributed by atoms with van der Waals surface area (Å²) in [5.74, 6) is 1.87. The molecule has 3 nitrogen and oxygen atoms in total. The summed E-state index contributed by atoms with van der Waals surface area (Å²) in [5.41, 5.74) is 2.85. The fourth-order valence-electron chi connectivity index (χ4n) is 3.55. The summed E-state index contributed by atoms with van der Waals surface area (Å²) < 4.78 is 5.59. The predicted octanol–water partition coefficient (Wildman–Crippen LogP) is 2.48. The van der Waals surface area contributed by atoms with E-state index in [0.717, 1.165) is 44.2 Å². The Morgan fingerprint density at radius 1 is 1.43 bits per heavy atom. The van der Waals surface area contributed by atoms with Gasteiger partial charge < -0.3 is 10.1 Å². The number of ether oxygens (including phenoxy) is 1. The molecular weight excluding hydrogens is 260 g/mol. The predicted molar refractivity (Wildman–Crippen MR) is 87.0 cm³/mol. The number of rotatable bonds is 5. The third kappa shape index (κ3) is 3.41. The van der Waals surface area contributed by atoms with Crippen molar-refractivity contribution in [2.75, 3.05) is 32.8 Å². The summed E-state index contributed by atoms with van der Waals surface area (Å²) in [7, 11) is 0. The van der Waals surface area contributed by atoms with E-state index >= 15 is 0 Å². The van der Waals surface area contributed by atoms with Gasteiger partial charge in [0.2, 0.25) is 0 Å². The molecule has 21 heavy (non-hydrogen) atoms. The molecule has 3 rings (SSSR count). The zero-order valence-corrected chi connectivity index (χ0v) is 13.4. The summed E-state index contributed by atoms with van der Waals surface area (Å²) >= 11 is 0. The lowest BCUT2D eigenvalue weighted by Gasteiger charge is -2.39. The highest BCUT2D eigenvalue weighted by Crippen LogP contribution is 2.26. The van der Waals surface area contributed by atoms with Gasteiger partial charge in [-0.25, -0.2) is 0 Å². The summed E-state index contributed by atoms with van der Waals surface area (Å²) in [4.78, 5) is 2.69. The highest BCUT2D eigenvalue weighted by Gasteiger charge is 2.25. The quantitative estimate of drug-likeness (QED) is 0.901. The average Bonchev–Trinajstić information content (AvgIpc) is 3.00. The Hall–Kier alpha value is -1.06. The lowest BCUT2D eigenvalue weighted by molar-refractivity contribution is 0.118. The number of fused-ring (bicyclic) bond motifs is 1. The van der Waals surface area contributed by atoms with Gasteiger partial charge in [0.1, 0.15) is 5.75 Å². The van der Waals surface area contributed by atoms with Crippen molar-refractivity contribution in [1.82, 2.24) is 10.2 Å². The zero-order valence-electron chi connectivity index (χ0n) is 13.4. The molecule has 1 fully saturated rings. The first-order valence-electron chi connectivity index (χ1n) is 8.47. The van der Waals surface area contributed by atoms with E-state index in [0.29, 0.717) is 6.04 Å². The molecule has 2 aliphatic rings. The molecule has 1 N–H and O–H groups in total. The van der Waals surface area contributed by atoms with Gasteiger partial charge in [0, 0.05) is 38.6 Å². The van der Waals surface area contributed by atoms with E-state index in [1.165, 1.54) is 30.6 Å². The van der Waals surface area contributed by atoms with E-state index in [2.05, 4.69) is 42.3 Å². The summed E-state index contributed by atoms with van der Waals surface area (Å²) in [6.45, 7) is 10.2. The van der Waals surface area contributed by atoms with E-state index in [1.807, 2.05) is 0 Å². The first-order chi connectivity index (χ1) is 10.3. The summed E-state index contributed by atoms with van der Waals surface area (Å²) in [6, 6.07) is 7.44. The van der Waals surface area contributed by atoms with E-state index in [1.54, 1.807) is 0 Å². The van der Waals surface area contributed by atoms with Crippen LogP contribution in [0.15, 0.2) is 18.2 Å². The molecule has 0 aromatic heterocycles. The molecule has 1 saturated heterocycles. The van der Waals surface area contributed by atoms with Gasteiger partial charge in [-0.2, -0.15) is 0 Å². The van der Waals surface area contributed by atoms with Crippen molar-refractivity contribution < 1.29 is 4.74 Å². The maximum atomic E-state index is 5.59. The third-order valence-corrected chi connectivity index (χ3v) is 5.14. The Morgan fingerprint density at radius 2 is 2.33 bits per heavy atom. The second kappa shape index (κ2) is 6.80. The molecular formula is C18H28N2O. The van der Waals surface area contributed by atoms with Crippen LogP contribution in [0.3, 0.4) is 0 Å². The minimum atomic E-state index is 0.696. The van der Waals surface area contributed by atoms with Crippen LogP contribution in [-0.2, 0) is 12.8 Å². The van der Waals surface area contributed by atoms with Gasteiger partial charge in [-0.1, -0.05) is 32.4 Å². The number of nitrogens with one attached hydrogen (secondary N) is 1. The van der Waals surface area contributed by atoms with Gasteiger partial charge in [0.15, 0.2) is 0 Å². The lowest BCUT2D eigenvalue weighted by Crippen LogP contribution is -2.54. The molecule has 1 aromatic rings. The Balaban J connectivity index is 1.60. The molecule has 0 amide bonds. The van der Waals surface area contributed by atoms with Crippen molar-refractivity contribution >= 4 is 0 Å². The Bertz CT molecular complexity index is 474. The average molecular weight is 288 g/mol. The Morgan fingerprint density at radius 3 is 3.19 bits per heavy atom. The summed E-state index contributed by atoms with van der Waals surface area (Å²) in [5, 5.41) is 3.55. The monoisotopic (exact) mass is 288 g/mol. The van der Waals surface area contributed by atoms with Gasteiger partial charge in [-0.15, -0.1) is 0 Å². The van der Waals surface area contributed by atoms with Crippen LogP contribution in [0.4, 0.5) is 0 Å². The van der Waals surface area contributed by atoms with Crippen molar-refractivity contribution in [2.45, 2.75) is 39.2 Å². The smallest absolute Gasteiger partial charge is 0.122 e. The Labute approximate surface area is 128 Å². The second-order valence-corrected chi connectivity index (χ2v) is 6.48. The number of piperazine rings is 1. The molecule has 0 saturated carbocycles. The molecule has 2 aliphatic heterocycles. The van der Waals surface area contributed by atoms with Crippen LogP contribution in [0.1, 0.15) is 31.4 Å². The van der Waals surface area contributed by atoms with Gasteiger partial charge in [0.25, 0.3) is 0 Å². The molecule has 0 bridgehead atoms. The molecule has 0 spiro atoms. The molecule has 0 radical (unpaired) electrons. The summed E-state index contributed by atoms with van der Waals surface area (Å²) in [6.07, 6.45) is 3.49. The molecule has 2 heterocycles. The van der Waals surface area contributed by atoms with Gasteiger partial charge in [-0.3, -0.25) is 4.90 Å². The fraction of sp³-hybridized carbons (Fsp3) is 0.667. The number of hydrogen-bond acceptors (Lipinski definition) is 3. The van der Waals surface area contributed by atoms with Crippen LogP contribution in [0, 0.1) is 5.92 Å². The normalized spacial score (nSPS) is 23.6. The molecule has 1 aromatic carbocycles. The number of benzene rings is 1. The maximum Gasteiger partial charge on any atom is 0.122 e. The zero-order chi connectivity index (χ0) is 14.7. The lowest BCUT2D eigenvalue weighted by atomic mass is 9.95. The molecule has 116 valence electrons. The van der Waals surface area contributed by atoms with Crippen LogP contribution in [0.5, 0.6) is 5.75 Å². The molecule has 0 aliphatic carbocycles. The number of hydrogen-bond donors (Lipinski definition) is 1. The first-order valence-corrected chi connectivity index (χ1v) is 8.47. The van der Waals surface area contributed by atoms with Crippen LogP contribution < -0.4 is 10.1 Å². The van der Waals surface area contributed by atoms with Crippen LogP contribution in [-0.4, -0.2) is 43.7 Å². The van der Waals surface area contributed by atoms with E-state index < -0.39 is 0 Å². The van der Waals surface area contributed by atoms with Crippen molar-refractivity contribution in [3.63, 3.8) is 0 Å². The van der Waals surface area contributed by atoms with Crippen LogP contribution >= 0.6 is 0 Å². The van der Waals surface area contributed by atoms with Crippen LogP contribution in [0.25, 0.3) is 0 Å². The fourth-order valence-corrected chi connectivity index (χ4v) is 3.55. The van der Waals surface area contributed by atoms with Crippen molar-refractivity contribution in [1.29, 1.82) is 0 Å². The van der Waals surface area contributed by atoms with Gasteiger partial charge in [-0.05, 0) is 29.5 Å². The highest BCUT2D eigenvalue weighted by molar-refractivity contribution is 5.39. The first kappa shape index (κ1) is 14.9. The highest BCUT2D eigenvalue weighted by atomic mass is 16.5. The minimum Gasteiger partial charge on any atom is -0.493 e. The van der Waals surface area contributed by atoms with Crippen molar-refractivity contribution in [3.05, 3.63) is 29.3 Å². The Kier molecular flexibility index (Phi) is 4.81. The third-order valence-electron chi connectivity index (χ3n) is 5.14. The molecule has 3 heteroatoms. The van der Waals surface area contributed by atoms with Gasteiger partial charge >= 0.3 is 0 Å². The second-order valence-electron chi connectivity index (χ2n) is 6.48. The minimum absolute atomic E-state index is 0.696. The maximum absolute atomic E-state index is 5.59. The van der Waals surface area contributed by atoms with Crippen molar-refractivity contribution in [3.8, 4) is 5.75 Å². The van der Waals surface area contributed by atoms with Crippen molar-refractivity contribution in [2.24, 2.45) is 5.92 Å². The van der Waals surface area contributed by atoms with Crippen LogP contribution in [0.2, 0.25) is 0 Å². The number of nitrogens with zero attached hydrogens (tertiary/aromatic N) is 1. The molecule has 2 atom stereocenters. The largest absolute Gasteiger partial charge is 0.493 e. The molecule has 2 unspecified atom stereocenters. The van der Waals surface area contributed by atoms with E-state index in [9.17, 15) is 0 Å². The standard InChI is InChI=1S/C18H28N2O/c1-3-14(2)17-13-19-8-10-20(17)9-6-15-4-5-18-16(12-15)7-11-21-18/h4-5,12,14,17,19H,3,6-11,13H2,1-2H3. The topological polar surface area (TPSA) is 24.5 Å².